The molecule has 0 atom stereocenters. The molecule has 2 rings (SSSR count). The molecule has 2 aromatic rings. The van der Waals surface area contributed by atoms with Crippen LogP contribution in [0.25, 0.3) is 15.8 Å². The number of rotatable bonds is 6. The summed E-state index contributed by atoms with van der Waals surface area (Å²) in [6, 6.07) is 8.17. The molecule has 0 radical (unpaired) electrons. The second-order valence-corrected chi connectivity index (χ2v) is 5.78. The number of thiophene rings is 2. The zero-order valence-corrected chi connectivity index (χ0v) is 12.3. The van der Waals surface area contributed by atoms with Gasteiger partial charge in [0.2, 0.25) is 12.1 Å². The quantitative estimate of drug-likeness (QED) is 0.602. The SMILES string of the molecule is COC(OC)C(=O)/C=C/c1ccc(-c2cccs2)s1. The maximum absolute atomic E-state index is 11.7. The van der Waals surface area contributed by atoms with Crippen LogP contribution in [-0.2, 0) is 14.3 Å². The Hall–Kier alpha value is -1.27. The number of ether oxygens (including phenoxy) is 2. The molecule has 2 aromatic heterocycles. The van der Waals surface area contributed by atoms with Gasteiger partial charge in [-0.1, -0.05) is 6.07 Å². The molecule has 0 saturated carbocycles. The summed E-state index contributed by atoms with van der Waals surface area (Å²) in [6.07, 6.45) is 2.45. The van der Waals surface area contributed by atoms with E-state index in [1.165, 1.54) is 30.0 Å². The van der Waals surface area contributed by atoms with E-state index in [-0.39, 0.29) is 5.78 Å². The number of carbonyl (C=O) groups is 1. The Bertz CT molecular complexity index is 551. The Labute approximate surface area is 120 Å². The molecule has 0 aliphatic rings. The van der Waals surface area contributed by atoms with Crippen molar-refractivity contribution in [1.82, 2.24) is 0 Å². The Morgan fingerprint density at radius 3 is 2.63 bits per heavy atom. The maximum Gasteiger partial charge on any atom is 0.221 e. The fourth-order valence-corrected chi connectivity index (χ4v) is 3.31. The van der Waals surface area contributed by atoms with Crippen molar-refractivity contribution in [3.8, 4) is 9.75 Å². The van der Waals surface area contributed by atoms with Gasteiger partial charge in [0.25, 0.3) is 0 Å². The van der Waals surface area contributed by atoms with Crippen LogP contribution in [0.15, 0.2) is 35.7 Å². The third-order valence-electron chi connectivity index (χ3n) is 2.46. The van der Waals surface area contributed by atoms with Gasteiger partial charge >= 0.3 is 0 Å². The topological polar surface area (TPSA) is 35.5 Å². The fraction of sp³-hybridized carbons (Fsp3) is 0.214. The second kappa shape index (κ2) is 6.77. The summed E-state index contributed by atoms with van der Waals surface area (Å²) >= 11 is 3.35. The molecule has 2 heterocycles. The lowest BCUT2D eigenvalue weighted by Gasteiger charge is -2.08. The van der Waals surface area contributed by atoms with Crippen molar-refractivity contribution in [3.05, 3.63) is 40.6 Å². The van der Waals surface area contributed by atoms with Crippen LogP contribution in [0.3, 0.4) is 0 Å². The average Bonchev–Trinajstić information content (AvgIpc) is 3.08. The van der Waals surface area contributed by atoms with Crippen LogP contribution in [0.5, 0.6) is 0 Å². The Morgan fingerprint density at radius 2 is 2.00 bits per heavy atom. The van der Waals surface area contributed by atoms with Gasteiger partial charge in [0.15, 0.2) is 0 Å². The van der Waals surface area contributed by atoms with Crippen molar-refractivity contribution in [2.24, 2.45) is 0 Å². The normalized spacial score (nSPS) is 11.5. The third kappa shape index (κ3) is 3.61. The number of hydrogen-bond acceptors (Lipinski definition) is 5. The van der Waals surface area contributed by atoms with Crippen LogP contribution >= 0.6 is 22.7 Å². The second-order valence-electron chi connectivity index (χ2n) is 3.72. The van der Waals surface area contributed by atoms with Crippen LogP contribution in [0.4, 0.5) is 0 Å². The zero-order chi connectivity index (χ0) is 13.7. The molecule has 0 N–H and O–H groups in total. The van der Waals surface area contributed by atoms with Gasteiger partial charge in [-0.3, -0.25) is 4.79 Å². The largest absolute Gasteiger partial charge is 0.349 e. The van der Waals surface area contributed by atoms with Crippen LogP contribution < -0.4 is 0 Å². The molecule has 0 aliphatic carbocycles. The molecule has 0 amide bonds. The summed E-state index contributed by atoms with van der Waals surface area (Å²) in [6.45, 7) is 0. The van der Waals surface area contributed by atoms with Gasteiger partial charge < -0.3 is 9.47 Å². The van der Waals surface area contributed by atoms with Gasteiger partial charge in [-0.2, -0.15) is 0 Å². The molecule has 0 aromatic carbocycles. The van der Waals surface area contributed by atoms with Crippen LogP contribution in [-0.4, -0.2) is 26.3 Å². The highest BCUT2D eigenvalue weighted by Gasteiger charge is 2.13. The first kappa shape index (κ1) is 14.1. The van der Waals surface area contributed by atoms with Crippen molar-refractivity contribution in [3.63, 3.8) is 0 Å². The predicted molar refractivity (Wildman–Crippen MR) is 79.5 cm³/mol. The average molecular weight is 294 g/mol. The first-order valence-electron chi connectivity index (χ1n) is 5.66. The number of hydrogen-bond donors (Lipinski definition) is 0. The van der Waals surface area contributed by atoms with E-state index in [4.69, 9.17) is 9.47 Å². The minimum Gasteiger partial charge on any atom is -0.349 e. The lowest BCUT2D eigenvalue weighted by atomic mass is 10.3. The summed E-state index contributed by atoms with van der Waals surface area (Å²) in [7, 11) is 2.89. The van der Waals surface area contributed by atoms with Crippen LogP contribution in [0, 0.1) is 0 Å². The smallest absolute Gasteiger partial charge is 0.221 e. The van der Waals surface area contributed by atoms with E-state index in [2.05, 4.69) is 17.5 Å². The molecule has 3 nitrogen and oxygen atoms in total. The van der Waals surface area contributed by atoms with Crippen molar-refractivity contribution < 1.29 is 14.3 Å². The van der Waals surface area contributed by atoms with Crippen LogP contribution in [0.2, 0.25) is 0 Å². The summed E-state index contributed by atoms with van der Waals surface area (Å²) < 4.78 is 9.79. The van der Waals surface area contributed by atoms with E-state index in [0.717, 1.165) is 4.88 Å². The van der Waals surface area contributed by atoms with E-state index in [9.17, 15) is 4.79 Å². The molecule has 0 aliphatic heterocycles. The Balaban J connectivity index is 2.06. The minimum absolute atomic E-state index is 0.198. The van der Waals surface area contributed by atoms with Crippen molar-refractivity contribution >= 4 is 34.5 Å². The van der Waals surface area contributed by atoms with E-state index >= 15 is 0 Å². The van der Waals surface area contributed by atoms with Crippen molar-refractivity contribution in [1.29, 1.82) is 0 Å². The Morgan fingerprint density at radius 1 is 1.21 bits per heavy atom. The highest BCUT2D eigenvalue weighted by molar-refractivity contribution is 7.21. The monoisotopic (exact) mass is 294 g/mol. The van der Waals surface area contributed by atoms with Gasteiger partial charge in [-0.15, -0.1) is 22.7 Å². The molecule has 5 heteroatoms. The van der Waals surface area contributed by atoms with E-state index in [0.29, 0.717) is 0 Å². The molecule has 0 saturated heterocycles. The van der Waals surface area contributed by atoms with E-state index in [1.807, 2.05) is 12.1 Å². The van der Waals surface area contributed by atoms with Gasteiger partial charge in [0.1, 0.15) is 0 Å². The third-order valence-corrected chi connectivity index (χ3v) is 4.58. The molecular formula is C14H14O3S2. The molecule has 0 spiro atoms. The maximum atomic E-state index is 11.7. The molecule has 0 unspecified atom stereocenters. The van der Waals surface area contributed by atoms with E-state index < -0.39 is 6.29 Å². The Kier molecular flexibility index (Phi) is 5.04. The number of methoxy groups -OCH3 is 2. The predicted octanol–water partition coefficient (Wildman–Crippen LogP) is 3.68. The molecular weight excluding hydrogens is 280 g/mol. The molecule has 19 heavy (non-hydrogen) atoms. The summed E-state index contributed by atoms with van der Waals surface area (Å²) in [5, 5.41) is 2.05. The highest BCUT2D eigenvalue weighted by Crippen LogP contribution is 2.31. The molecule has 100 valence electrons. The summed E-state index contributed by atoms with van der Waals surface area (Å²) in [5.41, 5.74) is 0. The summed E-state index contributed by atoms with van der Waals surface area (Å²) in [5.74, 6) is -0.198. The van der Waals surface area contributed by atoms with Crippen molar-refractivity contribution in [2.45, 2.75) is 6.29 Å². The zero-order valence-electron chi connectivity index (χ0n) is 10.7. The van der Waals surface area contributed by atoms with Gasteiger partial charge in [0, 0.05) is 28.9 Å². The van der Waals surface area contributed by atoms with Crippen molar-refractivity contribution in [2.75, 3.05) is 14.2 Å². The summed E-state index contributed by atoms with van der Waals surface area (Å²) in [4.78, 5) is 15.2. The van der Waals surface area contributed by atoms with Gasteiger partial charge in [-0.05, 0) is 35.7 Å². The van der Waals surface area contributed by atoms with Gasteiger partial charge in [-0.25, -0.2) is 0 Å². The minimum atomic E-state index is -0.826. The number of ketones is 1. The van der Waals surface area contributed by atoms with E-state index in [1.54, 1.807) is 28.7 Å². The molecule has 0 fully saturated rings. The standard InChI is InChI=1S/C14H14O3S2/c1-16-14(17-2)11(15)7-5-10-6-8-13(19-10)12-4-3-9-18-12/h3-9,14H,1-2H3/b7-5+. The first-order valence-corrected chi connectivity index (χ1v) is 7.35. The molecule has 0 bridgehead atoms. The van der Waals surface area contributed by atoms with Gasteiger partial charge in [0.05, 0.1) is 0 Å². The highest BCUT2D eigenvalue weighted by atomic mass is 32.1. The lowest BCUT2D eigenvalue weighted by Crippen LogP contribution is -2.22. The number of carbonyl (C=O) groups excluding carboxylic acids is 1. The van der Waals surface area contributed by atoms with Crippen LogP contribution in [0.1, 0.15) is 4.88 Å². The fourth-order valence-electron chi connectivity index (χ4n) is 1.56. The lowest BCUT2D eigenvalue weighted by molar-refractivity contribution is -0.151. The first-order chi connectivity index (χ1) is 9.24.